The van der Waals surface area contributed by atoms with Gasteiger partial charge >= 0.3 is 0 Å². The topological polar surface area (TPSA) is 61.9 Å². The molecule has 6 nitrogen and oxygen atoms in total. The van der Waals surface area contributed by atoms with E-state index < -0.39 is 0 Å². The van der Waals surface area contributed by atoms with Gasteiger partial charge in [0, 0.05) is 43.1 Å². The fourth-order valence-electron chi connectivity index (χ4n) is 3.83. The third-order valence-electron chi connectivity index (χ3n) is 5.71. The monoisotopic (exact) mass is 429 g/mol. The molecule has 1 N–H and O–H groups in total. The van der Waals surface area contributed by atoms with E-state index in [2.05, 4.69) is 10.2 Å². The Hall–Kier alpha value is -3.80. The van der Waals surface area contributed by atoms with Gasteiger partial charge in [0.15, 0.2) is 0 Å². The predicted octanol–water partition coefficient (Wildman–Crippen LogP) is 4.22. The molecule has 0 unspecified atom stereocenters. The smallest absolute Gasteiger partial charge is 0.259 e. The van der Waals surface area contributed by atoms with Crippen molar-refractivity contribution in [3.05, 3.63) is 89.5 Å². The molecule has 1 fully saturated rings. The molecule has 0 bridgehead atoms. The number of nitrogens with zero attached hydrogens (tertiary/aromatic N) is 2. The van der Waals surface area contributed by atoms with E-state index in [1.807, 2.05) is 72.5 Å². The minimum Gasteiger partial charge on any atom is -0.496 e. The average Bonchev–Trinajstić information content (AvgIpc) is 2.84. The summed E-state index contributed by atoms with van der Waals surface area (Å²) >= 11 is 0. The number of para-hydroxylation sites is 1. The molecule has 3 aromatic carbocycles. The van der Waals surface area contributed by atoms with E-state index in [9.17, 15) is 9.59 Å². The largest absolute Gasteiger partial charge is 0.496 e. The van der Waals surface area contributed by atoms with Crippen molar-refractivity contribution in [3.8, 4) is 5.75 Å². The molecule has 0 spiro atoms. The quantitative estimate of drug-likeness (QED) is 0.660. The molecule has 0 atom stereocenters. The van der Waals surface area contributed by atoms with Crippen LogP contribution >= 0.6 is 0 Å². The summed E-state index contributed by atoms with van der Waals surface area (Å²) in [4.78, 5) is 29.5. The molecule has 6 heteroatoms. The SMILES string of the molecule is COc1ccccc1C(=O)Nc1ccc(N2CCN(C(=O)c3ccc(C)cc3)CC2)cc1. The first-order valence-corrected chi connectivity index (χ1v) is 10.7. The molecule has 0 aliphatic carbocycles. The normalized spacial score (nSPS) is 13.6. The van der Waals surface area contributed by atoms with Crippen molar-refractivity contribution in [1.82, 2.24) is 4.90 Å². The van der Waals surface area contributed by atoms with Crippen LogP contribution in [-0.2, 0) is 0 Å². The number of hydrogen-bond donors (Lipinski definition) is 1. The van der Waals surface area contributed by atoms with Crippen molar-refractivity contribution in [2.45, 2.75) is 6.92 Å². The fourth-order valence-corrected chi connectivity index (χ4v) is 3.83. The van der Waals surface area contributed by atoms with E-state index in [0.29, 0.717) is 24.4 Å². The Labute approximate surface area is 188 Å². The lowest BCUT2D eigenvalue weighted by molar-refractivity contribution is 0.0746. The lowest BCUT2D eigenvalue weighted by Gasteiger charge is -2.36. The van der Waals surface area contributed by atoms with Gasteiger partial charge in [-0.25, -0.2) is 0 Å². The first-order chi connectivity index (χ1) is 15.5. The van der Waals surface area contributed by atoms with Gasteiger partial charge in [-0.05, 0) is 55.5 Å². The maximum atomic E-state index is 12.7. The standard InChI is InChI=1S/C26H27N3O3/c1-19-7-9-20(10-8-19)26(31)29-17-15-28(16-18-29)22-13-11-21(12-14-22)27-25(30)23-5-3-4-6-24(23)32-2/h3-14H,15-18H2,1-2H3,(H,27,30). The van der Waals surface area contributed by atoms with E-state index in [0.717, 1.165) is 35.6 Å². The van der Waals surface area contributed by atoms with Crippen LogP contribution in [0.15, 0.2) is 72.8 Å². The summed E-state index contributed by atoms with van der Waals surface area (Å²) in [6, 6.07) is 22.6. The highest BCUT2D eigenvalue weighted by Gasteiger charge is 2.22. The first kappa shape index (κ1) is 21.4. The van der Waals surface area contributed by atoms with Crippen LogP contribution in [0.25, 0.3) is 0 Å². The molecule has 1 aliphatic heterocycles. The van der Waals surface area contributed by atoms with Crippen LogP contribution in [0, 0.1) is 6.92 Å². The van der Waals surface area contributed by atoms with Crippen LogP contribution < -0.4 is 15.0 Å². The van der Waals surface area contributed by atoms with Crippen LogP contribution in [0.4, 0.5) is 11.4 Å². The maximum Gasteiger partial charge on any atom is 0.259 e. The van der Waals surface area contributed by atoms with E-state index in [-0.39, 0.29) is 11.8 Å². The molecular formula is C26H27N3O3. The Bertz CT molecular complexity index is 1090. The molecule has 164 valence electrons. The summed E-state index contributed by atoms with van der Waals surface area (Å²) in [5.41, 5.74) is 4.17. The van der Waals surface area contributed by atoms with E-state index in [1.165, 1.54) is 0 Å². The van der Waals surface area contributed by atoms with Gasteiger partial charge < -0.3 is 19.9 Å². The number of amides is 2. The van der Waals surface area contributed by atoms with Gasteiger partial charge in [-0.1, -0.05) is 29.8 Å². The summed E-state index contributed by atoms with van der Waals surface area (Å²) in [6.45, 7) is 4.91. The summed E-state index contributed by atoms with van der Waals surface area (Å²) in [7, 11) is 1.55. The zero-order valence-electron chi connectivity index (χ0n) is 18.4. The third-order valence-corrected chi connectivity index (χ3v) is 5.71. The number of rotatable bonds is 5. The molecule has 0 aromatic heterocycles. The maximum absolute atomic E-state index is 12.7. The first-order valence-electron chi connectivity index (χ1n) is 10.7. The second-order valence-corrected chi connectivity index (χ2v) is 7.85. The lowest BCUT2D eigenvalue weighted by atomic mass is 10.1. The van der Waals surface area contributed by atoms with Crippen LogP contribution in [-0.4, -0.2) is 50.0 Å². The Balaban J connectivity index is 1.34. The second-order valence-electron chi connectivity index (χ2n) is 7.85. The minimum atomic E-state index is -0.210. The van der Waals surface area contributed by atoms with Gasteiger partial charge in [-0.2, -0.15) is 0 Å². The predicted molar refractivity (Wildman–Crippen MR) is 127 cm³/mol. The zero-order valence-corrected chi connectivity index (χ0v) is 18.4. The van der Waals surface area contributed by atoms with Gasteiger partial charge in [0.1, 0.15) is 5.75 Å². The van der Waals surface area contributed by atoms with Gasteiger partial charge in [0.05, 0.1) is 12.7 Å². The molecule has 0 saturated carbocycles. The number of piperazine rings is 1. The van der Waals surface area contributed by atoms with Crippen LogP contribution in [0.5, 0.6) is 5.75 Å². The van der Waals surface area contributed by atoms with Crippen molar-refractivity contribution in [1.29, 1.82) is 0 Å². The molecule has 1 aliphatic rings. The molecule has 1 saturated heterocycles. The van der Waals surface area contributed by atoms with Crippen molar-refractivity contribution in [2.75, 3.05) is 43.5 Å². The van der Waals surface area contributed by atoms with Crippen molar-refractivity contribution >= 4 is 23.2 Å². The minimum absolute atomic E-state index is 0.0825. The molecular weight excluding hydrogens is 402 g/mol. The number of benzene rings is 3. The third kappa shape index (κ3) is 4.75. The Morgan fingerprint density at radius 2 is 1.50 bits per heavy atom. The number of methoxy groups -OCH3 is 1. The number of carbonyl (C=O) groups excluding carboxylic acids is 2. The van der Waals surface area contributed by atoms with Gasteiger partial charge in [0.25, 0.3) is 11.8 Å². The van der Waals surface area contributed by atoms with Crippen molar-refractivity contribution in [3.63, 3.8) is 0 Å². The van der Waals surface area contributed by atoms with Gasteiger partial charge in [-0.3, -0.25) is 9.59 Å². The lowest BCUT2D eigenvalue weighted by Crippen LogP contribution is -2.48. The van der Waals surface area contributed by atoms with Crippen LogP contribution in [0.1, 0.15) is 26.3 Å². The summed E-state index contributed by atoms with van der Waals surface area (Å²) in [5, 5.41) is 2.92. The van der Waals surface area contributed by atoms with Gasteiger partial charge in [-0.15, -0.1) is 0 Å². The second kappa shape index (κ2) is 9.56. The highest BCUT2D eigenvalue weighted by molar-refractivity contribution is 6.06. The fraction of sp³-hybridized carbons (Fsp3) is 0.231. The van der Waals surface area contributed by atoms with E-state index >= 15 is 0 Å². The molecule has 3 aromatic rings. The summed E-state index contributed by atoms with van der Waals surface area (Å²) in [6.07, 6.45) is 0. The molecule has 0 radical (unpaired) electrons. The Morgan fingerprint density at radius 1 is 0.844 bits per heavy atom. The van der Waals surface area contributed by atoms with Gasteiger partial charge in [0.2, 0.25) is 0 Å². The number of aryl methyl sites for hydroxylation is 1. The molecule has 32 heavy (non-hydrogen) atoms. The number of carbonyl (C=O) groups is 2. The van der Waals surface area contributed by atoms with Crippen molar-refractivity contribution in [2.24, 2.45) is 0 Å². The van der Waals surface area contributed by atoms with E-state index in [4.69, 9.17) is 4.74 Å². The number of anilines is 2. The summed E-state index contributed by atoms with van der Waals surface area (Å²) < 4.78 is 5.27. The average molecular weight is 430 g/mol. The summed E-state index contributed by atoms with van der Waals surface area (Å²) in [5.74, 6) is 0.414. The molecule has 4 rings (SSSR count). The Kier molecular flexibility index (Phi) is 6.40. The number of hydrogen-bond acceptors (Lipinski definition) is 4. The van der Waals surface area contributed by atoms with Crippen LogP contribution in [0.3, 0.4) is 0 Å². The van der Waals surface area contributed by atoms with Crippen molar-refractivity contribution < 1.29 is 14.3 Å². The zero-order chi connectivity index (χ0) is 22.5. The molecule has 1 heterocycles. The number of ether oxygens (including phenoxy) is 1. The highest BCUT2D eigenvalue weighted by Crippen LogP contribution is 2.22. The molecule has 2 amide bonds. The van der Waals surface area contributed by atoms with Crippen LogP contribution in [0.2, 0.25) is 0 Å². The number of nitrogens with one attached hydrogen (secondary N) is 1. The van der Waals surface area contributed by atoms with E-state index in [1.54, 1.807) is 19.2 Å². The Morgan fingerprint density at radius 3 is 2.16 bits per heavy atom. The highest BCUT2D eigenvalue weighted by atomic mass is 16.5.